The first-order valence-electron chi connectivity index (χ1n) is 6.01. The Morgan fingerprint density at radius 2 is 1.85 bits per heavy atom. The molecule has 6 heteroatoms. The first-order valence-corrected chi connectivity index (χ1v) is 6.01. The first-order chi connectivity index (χ1) is 8.98. The van der Waals surface area contributed by atoms with E-state index >= 15 is 0 Å². The number of carboxylic acids is 1. The maximum atomic E-state index is 13.6. The molecule has 0 aliphatic heterocycles. The highest BCUT2D eigenvalue weighted by Crippen LogP contribution is 2.25. The number of halogens is 1. The second-order valence-electron chi connectivity index (χ2n) is 5.58. The molecule has 0 radical (unpaired) electrons. The van der Waals surface area contributed by atoms with Crippen LogP contribution >= 0.6 is 0 Å². The number of ether oxygens (including phenoxy) is 1. The summed E-state index contributed by atoms with van der Waals surface area (Å²) in [6, 6.07) is 3.60. The topological polar surface area (TPSA) is 89.6 Å². The normalized spacial score (nSPS) is 14.5. The van der Waals surface area contributed by atoms with Gasteiger partial charge in [-0.05, 0) is 44.9 Å². The van der Waals surface area contributed by atoms with Gasteiger partial charge in [-0.1, -0.05) is 12.1 Å². The molecule has 0 bridgehead atoms. The number of aryl methyl sites for hydroxylation is 1. The van der Waals surface area contributed by atoms with Crippen LogP contribution in [0.1, 0.15) is 31.9 Å². The van der Waals surface area contributed by atoms with Crippen LogP contribution < -0.4 is 5.73 Å². The molecule has 0 fully saturated rings. The molecule has 3 N–H and O–H groups in total. The van der Waals surface area contributed by atoms with Gasteiger partial charge in [0, 0.05) is 0 Å². The zero-order chi connectivity index (χ0) is 15.7. The Bertz CT molecular complexity index is 551. The van der Waals surface area contributed by atoms with Gasteiger partial charge in [-0.25, -0.2) is 14.0 Å². The number of carbonyl (C=O) groups excluding carboxylic acids is 1. The van der Waals surface area contributed by atoms with Gasteiger partial charge >= 0.3 is 11.9 Å². The lowest BCUT2D eigenvalue weighted by Gasteiger charge is -2.28. The van der Waals surface area contributed by atoms with Crippen molar-refractivity contribution in [1.82, 2.24) is 0 Å². The van der Waals surface area contributed by atoms with E-state index in [9.17, 15) is 19.1 Å². The Morgan fingerprint density at radius 1 is 1.30 bits per heavy atom. The molecule has 0 saturated heterocycles. The molecule has 1 atom stereocenters. The second-order valence-corrected chi connectivity index (χ2v) is 5.58. The van der Waals surface area contributed by atoms with Gasteiger partial charge in [0.05, 0.1) is 0 Å². The molecule has 0 aliphatic carbocycles. The standard InChI is InChI=1S/C14H18FNO4/c1-8-5-6-9(7-10(8)15)14(16,11(17)18)12(19)20-13(2,3)4/h5-7H,16H2,1-4H3,(H,17,18). The number of rotatable bonds is 3. The highest BCUT2D eigenvalue weighted by molar-refractivity contribution is 6.04. The molecular formula is C14H18FNO4. The van der Waals surface area contributed by atoms with Crippen LogP contribution in [0.3, 0.4) is 0 Å². The van der Waals surface area contributed by atoms with Gasteiger partial charge in [-0.15, -0.1) is 0 Å². The van der Waals surface area contributed by atoms with Gasteiger partial charge in [0.2, 0.25) is 5.54 Å². The van der Waals surface area contributed by atoms with E-state index in [2.05, 4.69) is 0 Å². The van der Waals surface area contributed by atoms with E-state index < -0.39 is 28.9 Å². The van der Waals surface area contributed by atoms with Crippen molar-refractivity contribution in [2.24, 2.45) is 5.73 Å². The minimum Gasteiger partial charge on any atom is -0.479 e. The highest BCUT2D eigenvalue weighted by atomic mass is 19.1. The zero-order valence-electron chi connectivity index (χ0n) is 11.9. The zero-order valence-corrected chi connectivity index (χ0v) is 11.9. The number of esters is 1. The smallest absolute Gasteiger partial charge is 0.343 e. The maximum Gasteiger partial charge on any atom is 0.343 e. The van der Waals surface area contributed by atoms with Gasteiger partial charge in [0.15, 0.2) is 0 Å². The molecule has 0 saturated carbocycles. The van der Waals surface area contributed by atoms with Crippen molar-refractivity contribution in [2.45, 2.75) is 38.8 Å². The Hall–Kier alpha value is -1.95. The predicted molar refractivity (Wildman–Crippen MR) is 70.5 cm³/mol. The summed E-state index contributed by atoms with van der Waals surface area (Å²) in [6.45, 7) is 6.28. The fourth-order valence-corrected chi connectivity index (χ4v) is 1.53. The average Bonchev–Trinajstić information content (AvgIpc) is 2.29. The Kier molecular flexibility index (Phi) is 4.19. The number of nitrogens with two attached hydrogens (primary N) is 1. The van der Waals surface area contributed by atoms with Gasteiger partial charge in [0.25, 0.3) is 0 Å². The minimum atomic E-state index is -2.44. The molecule has 1 rings (SSSR count). The van der Waals surface area contributed by atoms with Gasteiger partial charge < -0.3 is 15.6 Å². The maximum absolute atomic E-state index is 13.6. The summed E-state index contributed by atoms with van der Waals surface area (Å²) in [5.41, 5.74) is 2.51. The minimum absolute atomic E-state index is 0.164. The molecule has 0 aliphatic rings. The predicted octanol–water partition coefficient (Wildman–Crippen LogP) is 1.71. The van der Waals surface area contributed by atoms with Crippen LogP contribution in [0.4, 0.5) is 4.39 Å². The van der Waals surface area contributed by atoms with Crippen LogP contribution in [-0.2, 0) is 19.9 Å². The van der Waals surface area contributed by atoms with Crippen molar-refractivity contribution in [1.29, 1.82) is 0 Å². The average molecular weight is 283 g/mol. The molecule has 0 aromatic heterocycles. The third kappa shape index (κ3) is 3.14. The Morgan fingerprint density at radius 3 is 2.25 bits per heavy atom. The molecule has 20 heavy (non-hydrogen) atoms. The van der Waals surface area contributed by atoms with Crippen LogP contribution in [0.2, 0.25) is 0 Å². The van der Waals surface area contributed by atoms with Crippen molar-refractivity contribution in [3.05, 3.63) is 35.1 Å². The fourth-order valence-electron chi connectivity index (χ4n) is 1.53. The van der Waals surface area contributed by atoms with E-state index in [0.717, 1.165) is 6.07 Å². The second kappa shape index (κ2) is 5.20. The lowest BCUT2D eigenvalue weighted by atomic mass is 9.90. The van der Waals surface area contributed by atoms with E-state index in [1.54, 1.807) is 20.8 Å². The molecule has 0 heterocycles. The van der Waals surface area contributed by atoms with Crippen LogP contribution in [-0.4, -0.2) is 22.6 Å². The van der Waals surface area contributed by atoms with Gasteiger partial charge in [-0.2, -0.15) is 0 Å². The van der Waals surface area contributed by atoms with E-state index in [1.807, 2.05) is 0 Å². The molecule has 1 aromatic rings. The number of carboxylic acid groups (broad SMARTS) is 1. The molecule has 5 nitrogen and oxygen atoms in total. The fraction of sp³-hybridized carbons (Fsp3) is 0.429. The third-order valence-electron chi connectivity index (χ3n) is 2.69. The van der Waals surface area contributed by atoms with Crippen LogP contribution in [0.5, 0.6) is 0 Å². The van der Waals surface area contributed by atoms with Crippen molar-refractivity contribution in [3.63, 3.8) is 0 Å². The number of benzene rings is 1. The van der Waals surface area contributed by atoms with E-state index in [4.69, 9.17) is 10.5 Å². The van der Waals surface area contributed by atoms with Crippen molar-refractivity contribution in [3.8, 4) is 0 Å². The number of hydrogen-bond acceptors (Lipinski definition) is 4. The van der Waals surface area contributed by atoms with Crippen LogP contribution in [0, 0.1) is 12.7 Å². The highest BCUT2D eigenvalue weighted by Gasteiger charge is 2.47. The van der Waals surface area contributed by atoms with E-state index in [1.165, 1.54) is 19.1 Å². The van der Waals surface area contributed by atoms with Gasteiger partial charge in [0.1, 0.15) is 11.4 Å². The summed E-state index contributed by atoms with van der Waals surface area (Å²) in [7, 11) is 0. The SMILES string of the molecule is Cc1ccc(C(N)(C(=O)O)C(=O)OC(C)(C)C)cc1F. The largest absolute Gasteiger partial charge is 0.479 e. The number of aliphatic carboxylic acids is 1. The quantitative estimate of drug-likeness (QED) is 0.651. The summed E-state index contributed by atoms with van der Waals surface area (Å²) in [4.78, 5) is 23.5. The molecular weight excluding hydrogens is 265 g/mol. The van der Waals surface area contributed by atoms with E-state index in [0.29, 0.717) is 5.56 Å². The van der Waals surface area contributed by atoms with Crippen molar-refractivity contribution in [2.75, 3.05) is 0 Å². The number of carbonyl (C=O) groups is 2. The van der Waals surface area contributed by atoms with Gasteiger partial charge in [-0.3, -0.25) is 0 Å². The molecule has 1 unspecified atom stereocenters. The van der Waals surface area contributed by atoms with Crippen molar-refractivity contribution >= 4 is 11.9 Å². The van der Waals surface area contributed by atoms with Crippen molar-refractivity contribution < 1.29 is 23.8 Å². The lowest BCUT2D eigenvalue weighted by molar-refractivity contribution is -0.169. The molecule has 0 spiro atoms. The Balaban J connectivity index is 3.31. The monoisotopic (exact) mass is 283 g/mol. The summed E-state index contributed by atoms with van der Waals surface area (Å²) in [5, 5.41) is 9.27. The third-order valence-corrected chi connectivity index (χ3v) is 2.69. The lowest BCUT2D eigenvalue weighted by Crippen LogP contribution is -2.54. The first kappa shape index (κ1) is 16.1. The number of hydrogen-bond donors (Lipinski definition) is 2. The molecule has 1 aromatic carbocycles. The molecule has 0 amide bonds. The Labute approximate surface area is 116 Å². The summed E-state index contributed by atoms with van der Waals surface area (Å²) >= 11 is 0. The summed E-state index contributed by atoms with van der Waals surface area (Å²) in [6.07, 6.45) is 0. The summed E-state index contributed by atoms with van der Waals surface area (Å²) < 4.78 is 18.6. The van der Waals surface area contributed by atoms with Crippen LogP contribution in [0.15, 0.2) is 18.2 Å². The van der Waals surface area contributed by atoms with E-state index in [-0.39, 0.29) is 5.56 Å². The van der Waals surface area contributed by atoms with Crippen LogP contribution in [0.25, 0.3) is 0 Å². The molecule has 110 valence electrons. The summed E-state index contributed by atoms with van der Waals surface area (Å²) in [5.74, 6) is -3.38.